The number of carbonyl (C=O) groups excluding carboxylic acids is 1. The maximum Gasteiger partial charge on any atom is 0.249 e. The van der Waals surface area contributed by atoms with Crippen LogP contribution in [0.5, 0.6) is 0 Å². The Morgan fingerprint density at radius 1 is 1.52 bits per heavy atom. The third-order valence-corrected chi connectivity index (χ3v) is 7.42. The van der Waals surface area contributed by atoms with Gasteiger partial charge in [-0.3, -0.25) is 9.48 Å². The summed E-state index contributed by atoms with van der Waals surface area (Å²) in [6, 6.07) is 1.86. The summed E-state index contributed by atoms with van der Waals surface area (Å²) in [7, 11) is 0. The van der Waals surface area contributed by atoms with Crippen molar-refractivity contribution >= 4 is 38.2 Å². The lowest BCUT2D eigenvalue weighted by Gasteiger charge is -2.33. The van der Waals surface area contributed by atoms with Crippen LogP contribution in [0, 0.1) is 29.6 Å². The van der Waals surface area contributed by atoms with Gasteiger partial charge < -0.3 is 5.32 Å². The largest absolute Gasteiger partial charge is 0.315 e. The second-order valence-corrected chi connectivity index (χ2v) is 10.3. The molecule has 7 heteroatoms. The molecule has 2 unspecified atom stereocenters. The molecule has 2 heterocycles. The minimum absolute atomic E-state index is 0.160. The standard InChI is InChI=1S/C20H25BrN4OS/c1-11-16(21)10-25(24-11)12(2)18(26)23-19-15(9-22)14-7-6-13(20(3,4)5)8-17(14)27-19/h10,12-13H,6-8H2,1-5H3,(H,23,26). The third kappa shape index (κ3) is 3.97. The van der Waals surface area contributed by atoms with Gasteiger partial charge >= 0.3 is 0 Å². The Bertz CT molecular complexity index is 896. The van der Waals surface area contributed by atoms with E-state index < -0.39 is 6.04 Å². The smallest absolute Gasteiger partial charge is 0.249 e. The fraction of sp³-hybridized carbons (Fsp3) is 0.550. The van der Waals surface area contributed by atoms with Crippen LogP contribution in [0.1, 0.15) is 61.9 Å². The minimum Gasteiger partial charge on any atom is -0.315 e. The average molecular weight is 449 g/mol. The number of fused-ring (bicyclic) bond motifs is 1. The summed E-state index contributed by atoms with van der Waals surface area (Å²) in [5.74, 6) is 0.439. The highest BCUT2D eigenvalue weighted by molar-refractivity contribution is 9.10. The number of halogens is 1. The first-order chi connectivity index (χ1) is 12.6. The van der Waals surface area contributed by atoms with E-state index in [4.69, 9.17) is 0 Å². The molecule has 0 aromatic carbocycles. The van der Waals surface area contributed by atoms with Gasteiger partial charge in [0.1, 0.15) is 17.1 Å². The normalized spacial score (nSPS) is 17.9. The first-order valence-electron chi connectivity index (χ1n) is 9.18. The molecule has 0 saturated carbocycles. The predicted octanol–water partition coefficient (Wildman–Crippen LogP) is 5.24. The molecule has 1 aliphatic carbocycles. The predicted molar refractivity (Wildman–Crippen MR) is 112 cm³/mol. The number of nitrogens with zero attached hydrogens (tertiary/aromatic N) is 3. The van der Waals surface area contributed by atoms with E-state index in [1.54, 1.807) is 22.2 Å². The van der Waals surface area contributed by atoms with Crippen molar-refractivity contribution in [3.8, 4) is 6.07 Å². The topological polar surface area (TPSA) is 70.7 Å². The Morgan fingerprint density at radius 3 is 2.78 bits per heavy atom. The summed E-state index contributed by atoms with van der Waals surface area (Å²) < 4.78 is 2.52. The van der Waals surface area contributed by atoms with Crippen LogP contribution in [0.25, 0.3) is 0 Å². The van der Waals surface area contributed by atoms with Crippen LogP contribution in [-0.2, 0) is 17.6 Å². The molecular weight excluding hydrogens is 424 g/mol. The van der Waals surface area contributed by atoms with E-state index in [1.165, 1.54) is 4.88 Å². The van der Waals surface area contributed by atoms with E-state index in [0.717, 1.165) is 35.0 Å². The van der Waals surface area contributed by atoms with Gasteiger partial charge in [-0.25, -0.2) is 0 Å². The van der Waals surface area contributed by atoms with Gasteiger partial charge in [0, 0.05) is 11.1 Å². The number of nitrogens with one attached hydrogen (secondary N) is 1. The van der Waals surface area contributed by atoms with Crippen molar-refractivity contribution in [1.29, 1.82) is 5.26 Å². The molecule has 1 N–H and O–H groups in total. The highest BCUT2D eigenvalue weighted by Gasteiger charge is 2.32. The molecule has 0 aliphatic heterocycles. The third-order valence-electron chi connectivity index (χ3n) is 5.47. The van der Waals surface area contributed by atoms with Crippen LogP contribution >= 0.6 is 27.3 Å². The molecular formula is C20H25BrN4OS. The fourth-order valence-corrected chi connectivity index (χ4v) is 5.10. The second-order valence-electron chi connectivity index (χ2n) is 8.33. The Hall–Kier alpha value is -1.65. The molecule has 2 aromatic rings. The Morgan fingerprint density at radius 2 is 2.22 bits per heavy atom. The van der Waals surface area contributed by atoms with Gasteiger partial charge in [0.2, 0.25) is 5.91 Å². The zero-order valence-electron chi connectivity index (χ0n) is 16.4. The molecule has 0 saturated heterocycles. The highest BCUT2D eigenvalue weighted by atomic mass is 79.9. The number of anilines is 1. The van der Waals surface area contributed by atoms with Crippen molar-refractivity contribution in [2.75, 3.05) is 5.32 Å². The van der Waals surface area contributed by atoms with E-state index in [2.05, 4.69) is 53.2 Å². The highest BCUT2D eigenvalue weighted by Crippen LogP contribution is 2.44. The van der Waals surface area contributed by atoms with Crippen molar-refractivity contribution in [1.82, 2.24) is 9.78 Å². The van der Waals surface area contributed by atoms with Gasteiger partial charge in [-0.05, 0) is 65.9 Å². The summed E-state index contributed by atoms with van der Waals surface area (Å²) in [6.45, 7) is 10.5. The molecule has 2 aromatic heterocycles. The number of hydrogen-bond acceptors (Lipinski definition) is 4. The summed E-state index contributed by atoms with van der Waals surface area (Å²) >= 11 is 4.99. The zero-order valence-corrected chi connectivity index (χ0v) is 18.8. The van der Waals surface area contributed by atoms with E-state index in [-0.39, 0.29) is 11.3 Å². The first kappa shape index (κ1) is 20.1. The maximum atomic E-state index is 12.7. The quantitative estimate of drug-likeness (QED) is 0.697. The molecule has 1 amide bonds. The molecule has 144 valence electrons. The lowest BCUT2D eigenvalue weighted by Crippen LogP contribution is -2.26. The van der Waals surface area contributed by atoms with Crippen molar-refractivity contribution in [3.05, 3.63) is 32.4 Å². The van der Waals surface area contributed by atoms with Gasteiger partial charge in [-0.2, -0.15) is 10.4 Å². The van der Waals surface area contributed by atoms with E-state index in [0.29, 0.717) is 16.5 Å². The summed E-state index contributed by atoms with van der Waals surface area (Å²) in [6.07, 6.45) is 4.78. The molecule has 27 heavy (non-hydrogen) atoms. The van der Waals surface area contributed by atoms with Gasteiger partial charge in [-0.15, -0.1) is 11.3 Å². The molecule has 3 rings (SSSR count). The molecule has 0 fully saturated rings. The van der Waals surface area contributed by atoms with E-state index in [9.17, 15) is 10.1 Å². The van der Waals surface area contributed by atoms with Crippen molar-refractivity contribution in [2.45, 2.75) is 59.9 Å². The number of rotatable bonds is 3. The minimum atomic E-state index is -0.456. The van der Waals surface area contributed by atoms with Crippen molar-refractivity contribution in [2.24, 2.45) is 11.3 Å². The number of amides is 1. The number of nitriles is 1. The monoisotopic (exact) mass is 448 g/mol. The Labute approximate surface area is 172 Å². The molecule has 0 bridgehead atoms. The van der Waals surface area contributed by atoms with Crippen LogP contribution in [0.4, 0.5) is 5.00 Å². The molecule has 0 spiro atoms. The van der Waals surface area contributed by atoms with Crippen LogP contribution in [0.15, 0.2) is 10.7 Å². The second kappa shape index (κ2) is 7.40. The van der Waals surface area contributed by atoms with Crippen molar-refractivity contribution < 1.29 is 4.79 Å². The maximum absolute atomic E-state index is 12.7. The van der Waals surface area contributed by atoms with E-state index >= 15 is 0 Å². The number of aryl methyl sites for hydroxylation is 1. The van der Waals surface area contributed by atoms with Gasteiger partial charge in [0.25, 0.3) is 0 Å². The lowest BCUT2D eigenvalue weighted by molar-refractivity contribution is -0.119. The van der Waals surface area contributed by atoms with Gasteiger partial charge in [0.15, 0.2) is 0 Å². The number of aromatic nitrogens is 2. The van der Waals surface area contributed by atoms with Crippen LogP contribution in [0.2, 0.25) is 0 Å². The average Bonchev–Trinajstić information content (AvgIpc) is 3.11. The summed E-state index contributed by atoms with van der Waals surface area (Å²) in [5, 5.41) is 17.7. The van der Waals surface area contributed by atoms with Crippen molar-refractivity contribution in [3.63, 3.8) is 0 Å². The first-order valence-corrected chi connectivity index (χ1v) is 10.8. The zero-order chi connectivity index (χ0) is 19.9. The molecule has 0 radical (unpaired) electrons. The van der Waals surface area contributed by atoms with Gasteiger partial charge in [-0.1, -0.05) is 20.8 Å². The number of carbonyl (C=O) groups is 1. The Balaban J connectivity index is 1.82. The number of hydrogen-bond donors (Lipinski definition) is 1. The lowest BCUT2D eigenvalue weighted by atomic mass is 9.72. The van der Waals surface area contributed by atoms with Crippen LogP contribution < -0.4 is 5.32 Å². The summed E-state index contributed by atoms with van der Waals surface area (Å²) in [5.41, 5.74) is 2.86. The molecule has 1 aliphatic rings. The van der Waals surface area contributed by atoms with Crippen LogP contribution in [-0.4, -0.2) is 15.7 Å². The fourth-order valence-electron chi connectivity index (χ4n) is 3.53. The van der Waals surface area contributed by atoms with E-state index in [1.807, 2.05) is 13.8 Å². The van der Waals surface area contributed by atoms with Crippen LogP contribution in [0.3, 0.4) is 0 Å². The molecule has 5 nitrogen and oxygen atoms in total. The Kier molecular flexibility index (Phi) is 5.51. The summed E-state index contributed by atoms with van der Waals surface area (Å²) in [4.78, 5) is 14.0. The molecule has 2 atom stereocenters. The SMILES string of the molecule is Cc1nn(C(C)C(=O)Nc2sc3c(c2C#N)CCC(C(C)(C)C)C3)cc1Br. The van der Waals surface area contributed by atoms with Gasteiger partial charge in [0.05, 0.1) is 15.7 Å². The number of thiophene rings is 1.